The molecule has 2 atom stereocenters. The number of phenolic OH excluding ortho intramolecular Hbond substituents is 1. The Hall–Kier alpha value is -2.61. The van der Waals surface area contributed by atoms with E-state index >= 15 is 0 Å². The van der Waals surface area contributed by atoms with Gasteiger partial charge in [0.1, 0.15) is 41.8 Å². The van der Waals surface area contributed by atoms with E-state index in [1.807, 2.05) is 25.1 Å². The first kappa shape index (κ1) is 24.0. The second kappa shape index (κ2) is 12.4. The van der Waals surface area contributed by atoms with Gasteiger partial charge in [-0.1, -0.05) is 12.1 Å². The van der Waals surface area contributed by atoms with E-state index in [1.165, 1.54) is 0 Å². The topological polar surface area (TPSA) is 97.2 Å². The fraction of sp³-hybridized carbons (Fsp3) is 0.480. The molecule has 0 amide bonds. The number of nitrogens with one attached hydrogen (secondary N) is 1. The highest BCUT2D eigenvalue weighted by molar-refractivity contribution is 5.80. The molecule has 2 aromatic carbocycles. The van der Waals surface area contributed by atoms with Crippen LogP contribution in [-0.4, -0.2) is 61.1 Å². The average molecular weight is 444 g/mol. The first-order valence-corrected chi connectivity index (χ1v) is 11.2. The molecule has 1 aliphatic rings. The minimum absolute atomic E-state index is 0.0444. The molecule has 0 aromatic heterocycles. The number of rotatable bonds is 14. The number of hydrogen-bond donors (Lipinski definition) is 3. The molecule has 7 nitrogen and oxygen atoms in total. The predicted octanol–water partition coefficient (Wildman–Crippen LogP) is 2.65. The van der Waals surface area contributed by atoms with Gasteiger partial charge in [0.25, 0.3) is 0 Å². The smallest absolute Gasteiger partial charge is 0.137 e. The Morgan fingerprint density at radius 2 is 2.06 bits per heavy atom. The van der Waals surface area contributed by atoms with Crippen LogP contribution >= 0.6 is 0 Å². The highest BCUT2D eigenvalue weighted by atomic mass is 16.5. The largest absolute Gasteiger partial charge is 0.508 e. The minimum Gasteiger partial charge on any atom is -0.508 e. The number of Topliss-reactive ketones (excluding diaryl/α,β-unsaturated/α-hetero) is 1. The van der Waals surface area contributed by atoms with Gasteiger partial charge in [-0.15, -0.1) is 0 Å². The quantitative estimate of drug-likeness (QED) is 0.386. The molecule has 2 unspecified atom stereocenters. The van der Waals surface area contributed by atoms with Crippen molar-refractivity contribution in [3.8, 4) is 17.2 Å². The first-order valence-electron chi connectivity index (χ1n) is 11.2. The molecule has 0 radical (unpaired) electrons. The van der Waals surface area contributed by atoms with Crippen molar-refractivity contribution >= 4 is 5.78 Å². The van der Waals surface area contributed by atoms with Crippen LogP contribution in [0.15, 0.2) is 42.5 Å². The summed E-state index contributed by atoms with van der Waals surface area (Å²) in [5.41, 5.74) is 1.99. The van der Waals surface area contributed by atoms with E-state index in [9.17, 15) is 15.0 Å². The summed E-state index contributed by atoms with van der Waals surface area (Å²) in [6, 6.07) is 12.4. The van der Waals surface area contributed by atoms with Gasteiger partial charge in [-0.25, -0.2) is 0 Å². The van der Waals surface area contributed by atoms with Gasteiger partial charge in [0.2, 0.25) is 0 Å². The lowest BCUT2D eigenvalue weighted by molar-refractivity contribution is -0.118. The van der Waals surface area contributed by atoms with E-state index < -0.39 is 6.10 Å². The summed E-state index contributed by atoms with van der Waals surface area (Å²) in [5.74, 6) is 1.93. The van der Waals surface area contributed by atoms with E-state index in [4.69, 9.17) is 14.2 Å². The Morgan fingerprint density at radius 3 is 2.84 bits per heavy atom. The maximum atomic E-state index is 12.0. The van der Waals surface area contributed by atoms with Crippen LogP contribution < -0.4 is 14.8 Å². The number of benzene rings is 2. The molecule has 3 N–H and O–H groups in total. The zero-order chi connectivity index (χ0) is 22.8. The van der Waals surface area contributed by atoms with Crippen molar-refractivity contribution in [2.75, 3.05) is 32.9 Å². The molecule has 0 saturated heterocycles. The molecule has 0 saturated carbocycles. The van der Waals surface area contributed by atoms with Gasteiger partial charge in [0, 0.05) is 38.0 Å². The molecular formula is C25H33NO6. The maximum absolute atomic E-state index is 12.0. The normalized spacial score (nSPS) is 15.8. The van der Waals surface area contributed by atoms with Crippen LogP contribution in [0, 0.1) is 0 Å². The minimum atomic E-state index is -0.641. The highest BCUT2D eigenvalue weighted by Crippen LogP contribution is 2.32. The van der Waals surface area contributed by atoms with Crippen molar-refractivity contribution in [1.82, 2.24) is 5.32 Å². The Kier molecular flexibility index (Phi) is 9.34. The summed E-state index contributed by atoms with van der Waals surface area (Å²) < 4.78 is 17.0. The van der Waals surface area contributed by atoms with Gasteiger partial charge in [-0.05, 0) is 55.8 Å². The standard InChI is InChI=1S/C25H33NO6/c1-2-30-17-24-14-19-13-23(9-10-25(19)32-24)31-16-22(29)15-26-11-3-4-21(28)12-18-5-7-20(27)8-6-18/h5-10,13,22,24,26-27,29H,2-4,11-12,14-17H2,1H3. The van der Waals surface area contributed by atoms with E-state index in [0.29, 0.717) is 51.3 Å². The first-order chi connectivity index (χ1) is 15.5. The second-order valence-electron chi connectivity index (χ2n) is 8.03. The summed E-state index contributed by atoms with van der Waals surface area (Å²) in [5, 5.41) is 22.6. The van der Waals surface area contributed by atoms with Crippen LogP contribution in [0.25, 0.3) is 0 Å². The molecule has 3 rings (SSSR count). The molecular weight excluding hydrogens is 410 g/mol. The lowest BCUT2D eigenvalue weighted by Gasteiger charge is -2.14. The monoisotopic (exact) mass is 443 g/mol. The van der Waals surface area contributed by atoms with E-state index in [1.54, 1.807) is 24.3 Å². The van der Waals surface area contributed by atoms with Crippen LogP contribution in [-0.2, 0) is 22.4 Å². The van der Waals surface area contributed by atoms with Crippen molar-refractivity contribution in [2.45, 2.75) is 44.8 Å². The number of fused-ring (bicyclic) bond motifs is 1. The third-order valence-corrected chi connectivity index (χ3v) is 5.25. The fourth-order valence-electron chi connectivity index (χ4n) is 3.59. The van der Waals surface area contributed by atoms with Gasteiger partial charge in [-0.3, -0.25) is 4.79 Å². The number of aliphatic hydroxyl groups is 1. The van der Waals surface area contributed by atoms with Crippen molar-refractivity contribution in [2.24, 2.45) is 0 Å². The van der Waals surface area contributed by atoms with Gasteiger partial charge >= 0.3 is 0 Å². The molecule has 32 heavy (non-hydrogen) atoms. The number of carbonyl (C=O) groups is 1. The summed E-state index contributed by atoms with van der Waals surface area (Å²) in [7, 11) is 0. The van der Waals surface area contributed by atoms with Crippen LogP contribution in [0.4, 0.5) is 0 Å². The van der Waals surface area contributed by atoms with Crippen LogP contribution in [0.5, 0.6) is 17.2 Å². The number of carbonyl (C=O) groups excluding carboxylic acids is 1. The molecule has 0 fully saturated rings. The SMILES string of the molecule is CCOCC1Cc2cc(OCC(O)CNCCCC(=O)Cc3ccc(O)cc3)ccc2O1. The number of ether oxygens (including phenoxy) is 3. The predicted molar refractivity (Wildman–Crippen MR) is 121 cm³/mol. The second-order valence-corrected chi connectivity index (χ2v) is 8.03. The maximum Gasteiger partial charge on any atom is 0.137 e. The van der Waals surface area contributed by atoms with E-state index in [0.717, 1.165) is 23.3 Å². The van der Waals surface area contributed by atoms with Crippen molar-refractivity contribution in [1.29, 1.82) is 0 Å². The number of aromatic hydroxyl groups is 1. The molecule has 2 aromatic rings. The number of hydrogen-bond acceptors (Lipinski definition) is 7. The summed E-state index contributed by atoms with van der Waals surface area (Å²) in [6.45, 7) is 4.45. The highest BCUT2D eigenvalue weighted by Gasteiger charge is 2.23. The van der Waals surface area contributed by atoms with Crippen LogP contribution in [0.1, 0.15) is 30.9 Å². The molecule has 174 valence electrons. The van der Waals surface area contributed by atoms with Gasteiger partial charge < -0.3 is 29.7 Å². The van der Waals surface area contributed by atoms with E-state index in [2.05, 4.69) is 5.32 Å². The Bertz CT molecular complexity index is 854. The zero-order valence-corrected chi connectivity index (χ0v) is 18.6. The van der Waals surface area contributed by atoms with Crippen molar-refractivity contribution in [3.05, 3.63) is 53.6 Å². The number of phenols is 1. The molecule has 0 spiro atoms. The number of aliphatic hydroxyl groups excluding tert-OH is 1. The fourth-order valence-corrected chi connectivity index (χ4v) is 3.59. The summed E-state index contributed by atoms with van der Waals surface area (Å²) in [4.78, 5) is 12.0. The van der Waals surface area contributed by atoms with Crippen molar-refractivity contribution in [3.63, 3.8) is 0 Å². The van der Waals surface area contributed by atoms with Gasteiger partial charge in [0.05, 0.1) is 6.61 Å². The molecule has 0 aliphatic carbocycles. The lowest BCUT2D eigenvalue weighted by atomic mass is 10.1. The summed E-state index contributed by atoms with van der Waals surface area (Å²) >= 11 is 0. The zero-order valence-electron chi connectivity index (χ0n) is 18.6. The van der Waals surface area contributed by atoms with Crippen LogP contribution in [0.3, 0.4) is 0 Å². The average Bonchev–Trinajstić information content (AvgIpc) is 3.19. The van der Waals surface area contributed by atoms with Crippen molar-refractivity contribution < 1.29 is 29.2 Å². The third kappa shape index (κ3) is 7.82. The van der Waals surface area contributed by atoms with Gasteiger partial charge in [-0.2, -0.15) is 0 Å². The molecule has 1 aliphatic heterocycles. The Balaban J connectivity index is 1.27. The van der Waals surface area contributed by atoms with Crippen LogP contribution in [0.2, 0.25) is 0 Å². The van der Waals surface area contributed by atoms with Gasteiger partial charge in [0.15, 0.2) is 0 Å². The third-order valence-electron chi connectivity index (χ3n) is 5.25. The van der Waals surface area contributed by atoms with E-state index in [-0.39, 0.29) is 24.2 Å². The number of ketones is 1. The Labute approximate surface area is 189 Å². The Morgan fingerprint density at radius 1 is 1.25 bits per heavy atom. The molecule has 0 bridgehead atoms. The molecule has 7 heteroatoms. The molecule has 1 heterocycles. The summed E-state index contributed by atoms with van der Waals surface area (Å²) in [6.07, 6.45) is 1.75. The lowest BCUT2D eigenvalue weighted by Crippen LogP contribution is -2.32.